The summed E-state index contributed by atoms with van der Waals surface area (Å²) in [6.07, 6.45) is 3.05. The van der Waals surface area contributed by atoms with E-state index in [1.165, 1.54) is 28.7 Å². The summed E-state index contributed by atoms with van der Waals surface area (Å²) < 4.78 is 0. The van der Waals surface area contributed by atoms with Crippen LogP contribution in [0.1, 0.15) is 30.2 Å². The van der Waals surface area contributed by atoms with Crippen LogP contribution in [0, 0.1) is 13.8 Å². The summed E-state index contributed by atoms with van der Waals surface area (Å²) in [7, 11) is 0. The van der Waals surface area contributed by atoms with Crippen molar-refractivity contribution >= 4 is 0 Å². The third-order valence-corrected chi connectivity index (χ3v) is 3.27. The first-order valence-electron chi connectivity index (χ1n) is 6.94. The average molecular weight is 254 g/mol. The number of nitrogens with zero attached hydrogens (tertiary/aromatic N) is 1. The maximum absolute atomic E-state index is 4.27. The molecular weight excluding hydrogens is 232 g/mol. The number of aryl methyl sites for hydroxylation is 2. The molecule has 0 spiro atoms. The molecule has 2 heteroatoms. The summed E-state index contributed by atoms with van der Waals surface area (Å²) in [5, 5.41) is 3.45. The zero-order valence-corrected chi connectivity index (χ0v) is 12.0. The van der Waals surface area contributed by atoms with Gasteiger partial charge in [-0.25, -0.2) is 0 Å². The predicted molar refractivity (Wildman–Crippen MR) is 81.1 cm³/mol. The molecular formula is C17H22N2. The zero-order valence-electron chi connectivity index (χ0n) is 12.0. The Balaban J connectivity index is 2.26. The third-order valence-electron chi connectivity index (χ3n) is 3.27. The minimum absolute atomic E-state index is 0.936. The van der Waals surface area contributed by atoms with E-state index in [2.05, 4.69) is 54.5 Å². The standard InChI is InChI=1S/C17H22N2/c1-4-8-18-12-15-6-5-13(2)17(11-15)16-7-9-19-14(3)10-16/h5-7,9-11,18H,4,8,12H2,1-3H3. The lowest BCUT2D eigenvalue weighted by Crippen LogP contribution is -2.13. The highest BCUT2D eigenvalue weighted by Crippen LogP contribution is 2.24. The van der Waals surface area contributed by atoms with E-state index in [1.54, 1.807) is 0 Å². The molecule has 0 unspecified atom stereocenters. The highest BCUT2D eigenvalue weighted by Gasteiger charge is 2.04. The molecule has 2 rings (SSSR count). The van der Waals surface area contributed by atoms with Crippen LogP contribution in [0.3, 0.4) is 0 Å². The molecule has 1 N–H and O–H groups in total. The Bertz CT molecular complexity index is 547. The summed E-state index contributed by atoms with van der Waals surface area (Å²) in [5.74, 6) is 0. The van der Waals surface area contributed by atoms with Crippen molar-refractivity contribution in [1.82, 2.24) is 10.3 Å². The van der Waals surface area contributed by atoms with Gasteiger partial charge in [0.2, 0.25) is 0 Å². The topological polar surface area (TPSA) is 24.9 Å². The SMILES string of the molecule is CCCNCc1ccc(C)c(-c2ccnc(C)c2)c1. The quantitative estimate of drug-likeness (QED) is 0.819. The van der Waals surface area contributed by atoms with Gasteiger partial charge in [-0.05, 0) is 67.3 Å². The van der Waals surface area contributed by atoms with E-state index in [9.17, 15) is 0 Å². The van der Waals surface area contributed by atoms with Gasteiger partial charge in [0.1, 0.15) is 0 Å². The van der Waals surface area contributed by atoms with Gasteiger partial charge in [0, 0.05) is 18.4 Å². The Morgan fingerprint density at radius 1 is 1.11 bits per heavy atom. The maximum Gasteiger partial charge on any atom is 0.0378 e. The Morgan fingerprint density at radius 2 is 1.95 bits per heavy atom. The Kier molecular flexibility index (Phi) is 4.69. The van der Waals surface area contributed by atoms with Gasteiger partial charge in [0.15, 0.2) is 0 Å². The summed E-state index contributed by atoms with van der Waals surface area (Å²) >= 11 is 0. The minimum atomic E-state index is 0.936. The molecule has 1 aromatic carbocycles. The molecule has 0 saturated heterocycles. The van der Waals surface area contributed by atoms with Crippen molar-refractivity contribution in [1.29, 1.82) is 0 Å². The second-order valence-electron chi connectivity index (χ2n) is 5.01. The fraction of sp³-hybridized carbons (Fsp3) is 0.353. The van der Waals surface area contributed by atoms with Gasteiger partial charge in [0.25, 0.3) is 0 Å². The fourth-order valence-corrected chi connectivity index (χ4v) is 2.21. The van der Waals surface area contributed by atoms with Crippen LogP contribution in [-0.4, -0.2) is 11.5 Å². The molecule has 0 fully saturated rings. The molecule has 0 aliphatic rings. The molecule has 100 valence electrons. The van der Waals surface area contributed by atoms with Gasteiger partial charge < -0.3 is 5.32 Å². The van der Waals surface area contributed by atoms with Crippen molar-refractivity contribution < 1.29 is 0 Å². The van der Waals surface area contributed by atoms with Crippen molar-refractivity contribution in [3.05, 3.63) is 53.3 Å². The second-order valence-corrected chi connectivity index (χ2v) is 5.01. The van der Waals surface area contributed by atoms with Crippen molar-refractivity contribution in [3.63, 3.8) is 0 Å². The first-order chi connectivity index (χ1) is 9.20. The lowest BCUT2D eigenvalue weighted by Gasteiger charge is -2.10. The van der Waals surface area contributed by atoms with Crippen LogP contribution < -0.4 is 5.32 Å². The Morgan fingerprint density at radius 3 is 2.68 bits per heavy atom. The van der Waals surface area contributed by atoms with Gasteiger partial charge in [-0.2, -0.15) is 0 Å². The summed E-state index contributed by atoms with van der Waals surface area (Å²) in [6.45, 7) is 8.38. The summed E-state index contributed by atoms with van der Waals surface area (Å²) in [4.78, 5) is 4.27. The van der Waals surface area contributed by atoms with Crippen LogP contribution in [0.2, 0.25) is 0 Å². The van der Waals surface area contributed by atoms with Crippen LogP contribution >= 0.6 is 0 Å². The molecule has 0 atom stereocenters. The fourth-order valence-electron chi connectivity index (χ4n) is 2.21. The van der Waals surface area contributed by atoms with Crippen molar-refractivity contribution in [2.75, 3.05) is 6.54 Å². The van der Waals surface area contributed by atoms with Gasteiger partial charge in [-0.1, -0.05) is 19.1 Å². The molecule has 2 aromatic rings. The van der Waals surface area contributed by atoms with Crippen molar-refractivity contribution in [2.45, 2.75) is 33.7 Å². The maximum atomic E-state index is 4.27. The first kappa shape index (κ1) is 13.8. The van der Waals surface area contributed by atoms with E-state index in [0.717, 1.165) is 18.8 Å². The van der Waals surface area contributed by atoms with Crippen molar-refractivity contribution in [3.8, 4) is 11.1 Å². The van der Waals surface area contributed by atoms with E-state index in [-0.39, 0.29) is 0 Å². The average Bonchev–Trinajstić information content (AvgIpc) is 2.41. The minimum Gasteiger partial charge on any atom is -0.313 e. The predicted octanol–water partition coefficient (Wildman–Crippen LogP) is 3.87. The number of pyridine rings is 1. The highest BCUT2D eigenvalue weighted by atomic mass is 14.8. The number of rotatable bonds is 5. The van der Waals surface area contributed by atoms with Crippen LogP contribution in [0.25, 0.3) is 11.1 Å². The van der Waals surface area contributed by atoms with Crippen LogP contribution in [0.4, 0.5) is 0 Å². The van der Waals surface area contributed by atoms with E-state index in [0.29, 0.717) is 0 Å². The largest absolute Gasteiger partial charge is 0.313 e. The monoisotopic (exact) mass is 254 g/mol. The van der Waals surface area contributed by atoms with Crippen molar-refractivity contribution in [2.24, 2.45) is 0 Å². The number of aromatic nitrogens is 1. The molecule has 0 aliphatic carbocycles. The van der Waals surface area contributed by atoms with Gasteiger partial charge >= 0.3 is 0 Å². The third kappa shape index (κ3) is 3.65. The van der Waals surface area contributed by atoms with Crippen LogP contribution in [0.15, 0.2) is 36.5 Å². The molecule has 0 aliphatic heterocycles. The smallest absolute Gasteiger partial charge is 0.0378 e. The lowest BCUT2D eigenvalue weighted by atomic mass is 9.98. The zero-order chi connectivity index (χ0) is 13.7. The summed E-state index contributed by atoms with van der Waals surface area (Å²) in [5.41, 5.74) is 6.27. The van der Waals surface area contributed by atoms with Crippen LogP contribution in [-0.2, 0) is 6.54 Å². The highest BCUT2D eigenvalue weighted by molar-refractivity contribution is 5.67. The lowest BCUT2D eigenvalue weighted by molar-refractivity contribution is 0.675. The van der Waals surface area contributed by atoms with Crippen LogP contribution in [0.5, 0.6) is 0 Å². The van der Waals surface area contributed by atoms with E-state index in [4.69, 9.17) is 0 Å². The molecule has 1 heterocycles. The molecule has 1 aromatic heterocycles. The normalized spacial score (nSPS) is 10.7. The second kappa shape index (κ2) is 6.48. The number of hydrogen-bond donors (Lipinski definition) is 1. The van der Waals surface area contributed by atoms with Gasteiger partial charge in [-0.3, -0.25) is 4.98 Å². The van der Waals surface area contributed by atoms with E-state index < -0.39 is 0 Å². The number of nitrogens with one attached hydrogen (secondary N) is 1. The first-order valence-corrected chi connectivity index (χ1v) is 6.94. The van der Waals surface area contributed by atoms with E-state index >= 15 is 0 Å². The molecule has 0 amide bonds. The molecule has 0 saturated carbocycles. The van der Waals surface area contributed by atoms with Gasteiger partial charge in [0.05, 0.1) is 0 Å². The molecule has 0 bridgehead atoms. The number of hydrogen-bond acceptors (Lipinski definition) is 2. The Labute approximate surface area is 115 Å². The Hall–Kier alpha value is -1.67. The number of benzene rings is 1. The summed E-state index contributed by atoms with van der Waals surface area (Å²) in [6, 6.07) is 10.9. The molecule has 0 radical (unpaired) electrons. The van der Waals surface area contributed by atoms with E-state index in [1.807, 2.05) is 13.1 Å². The molecule has 19 heavy (non-hydrogen) atoms. The molecule has 2 nitrogen and oxygen atoms in total. The van der Waals surface area contributed by atoms with Gasteiger partial charge in [-0.15, -0.1) is 0 Å².